The topological polar surface area (TPSA) is 95.3 Å². The first-order valence-corrected chi connectivity index (χ1v) is 8.95. The number of amides is 1. The molecule has 2 aromatic heterocycles. The monoisotopic (exact) mass is 372 g/mol. The Bertz CT molecular complexity index is 819. The van der Waals surface area contributed by atoms with Gasteiger partial charge in [0.2, 0.25) is 11.8 Å². The highest BCUT2D eigenvalue weighted by Gasteiger charge is 2.29. The zero-order valence-electron chi connectivity index (χ0n) is 15.8. The lowest BCUT2D eigenvalue weighted by atomic mass is 10.1. The number of rotatable bonds is 6. The van der Waals surface area contributed by atoms with E-state index in [0.717, 1.165) is 0 Å². The largest absolute Gasteiger partial charge is 0.470 e. The van der Waals surface area contributed by atoms with E-state index >= 15 is 0 Å². The van der Waals surface area contributed by atoms with Gasteiger partial charge in [-0.25, -0.2) is 4.98 Å². The fraction of sp³-hybridized carbons (Fsp3) is 0.474. The van der Waals surface area contributed by atoms with Gasteiger partial charge in [-0.2, -0.15) is 5.10 Å². The van der Waals surface area contributed by atoms with E-state index in [0.29, 0.717) is 42.5 Å². The van der Waals surface area contributed by atoms with Crippen molar-refractivity contribution < 1.29 is 19.1 Å². The molecule has 2 atom stereocenters. The summed E-state index contributed by atoms with van der Waals surface area (Å²) < 4.78 is 12.9. The van der Waals surface area contributed by atoms with Crippen molar-refractivity contribution in [3.05, 3.63) is 41.3 Å². The van der Waals surface area contributed by atoms with Gasteiger partial charge >= 0.3 is 0 Å². The molecule has 1 aliphatic rings. The van der Waals surface area contributed by atoms with Gasteiger partial charge in [-0.05, 0) is 33.3 Å². The van der Waals surface area contributed by atoms with E-state index in [1.54, 1.807) is 30.8 Å². The number of Topliss-reactive ketones (excluding diaryl/α,β-unsaturated/α-hetero) is 1. The molecule has 0 unspecified atom stereocenters. The van der Waals surface area contributed by atoms with Crippen LogP contribution in [0.4, 0.5) is 0 Å². The van der Waals surface area contributed by atoms with Crippen molar-refractivity contribution >= 4 is 11.7 Å². The highest BCUT2D eigenvalue weighted by Crippen LogP contribution is 2.16. The van der Waals surface area contributed by atoms with Crippen molar-refractivity contribution in [2.24, 2.45) is 0 Å². The van der Waals surface area contributed by atoms with Gasteiger partial charge in [0.25, 0.3) is 0 Å². The van der Waals surface area contributed by atoms with Gasteiger partial charge in [-0.15, -0.1) is 0 Å². The molecule has 8 heteroatoms. The number of hydrogen-bond donors (Lipinski definition) is 1. The Kier molecular flexibility index (Phi) is 5.85. The fourth-order valence-electron chi connectivity index (χ4n) is 3.31. The average molecular weight is 372 g/mol. The van der Waals surface area contributed by atoms with Crippen molar-refractivity contribution in [3.8, 4) is 5.88 Å². The molecule has 2 aromatic rings. The maximum Gasteiger partial charge on any atom is 0.242 e. The number of carbonyl (C=O) groups excluding carboxylic acids is 2. The first-order chi connectivity index (χ1) is 13.0. The van der Waals surface area contributed by atoms with Crippen LogP contribution in [-0.4, -0.2) is 51.8 Å². The second-order valence-electron chi connectivity index (χ2n) is 6.62. The summed E-state index contributed by atoms with van der Waals surface area (Å²) in [5.41, 5.74) is 1.91. The van der Waals surface area contributed by atoms with E-state index in [4.69, 9.17) is 9.47 Å². The number of pyridine rings is 1. The maximum atomic E-state index is 12.6. The van der Waals surface area contributed by atoms with Gasteiger partial charge in [0.05, 0.1) is 23.9 Å². The Morgan fingerprint density at radius 3 is 2.85 bits per heavy atom. The molecule has 1 amide bonds. The van der Waals surface area contributed by atoms with Crippen LogP contribution in [0.3, 0.4) is 0 Å². The van der Waals surface area contributed by atoms with Gasteiger partial charge in [-0.3, -0.25) is 14.3 Å². The zero-order chi connectivity index (χ0) is 19.4. The summed E-state index contributed by atoms with van der Waals surface area (Å²) in [7, 11) is 0. The van der Waals surface area contributed by atoms with Crippen LogP contribution in [0, 0.1) is 13.8 Å². The summed E-state index contributed by atoms with van der Waals surface area (Å²) in [5, 5.41) is 7.33. The normalized spacial score (nSPS) is 19.5. The fourth-order valence-corrected chi connectivity index (χ4v) is 3.31. The summed E-state index contributed by atoms with van der Waals surface area (Å²) in [6.07, 6.45) is 1.99. The Hall–Kier alpha value is -2.74. The van der Waals surface area contributed by atoms with Crippen LogP contribution in [-0.2, 0) is 16.1 Å². The smallest absolute Gasteiger partial charge is 0.242 e. The molecule has 1 aliphatic heterocycles. The van der Waals surface area contributed by atoms with Crippen molar-refractivity contribution in [2.75, 3.05) is 13.2 Å². The minimum Gasteiger partial charge on any atom is -0.470 e. The maximum absolute atomic E-state index is 12.6. The molecule has 3 rings (SSSR count). The second-order valence-corrected chi connectivity index (χ2v) is 6.62. The van der Waals surface area contributed by atoms with Crippen LogP contribution >= 0.6 is 0 Å². The van der Waals surface area contributed by atoms with Crippen LogP contribution in [0.15, 0.2) is 24.4 Å². The molecular weight excluding hydrogens is 348 g/mol. The second kappa shape index (κ2) is 8.30. The number of carbonyl (C=O) groups is 2. The minimum absolute atomic E-state index is 0.0492. The SMILES string of the molecule is CC(=O)c1c(C)nn(CC(=O)N[C@@H]2CCOC[C@H]2Oc2ccccn2)c1C. The first-order valence-electron chi connectivity index (χ1n) is 8.95. The number of nitrogens with zero attached hydrogens (tertiary/aromatic N) is 3. The predicted octanol–water partition coefficient (Wildman–Crippen LogP) is 1.45. The summed E-state index contributed by atoms with van der Waals surface area (Å²) in [6, 6.07) is 5.24. The molecule has 1 saturated heterocycles. The molecule has 144 valence electrons. The van der Waals surface area contributed by atoms with E-state index < -0.39 is 0 Å². The number of hydrogen-bond acceptors (Lipinski definition) is 6. The Labute approximate surface area is 157 Å². The van der Waals surface area contributed by atoms with Crippen molar-refractivity contribution in [3.63, 3.8) is 0 Å². The van der Waals surface area contributed by atoms with Crippen LogP contribution in [0.2, 0.25) is 0 Å². The third-order valence-electron chi connectivity index (χ3n) is 4.59. The number of nitrogens with one attached hydrogen (secondary N) is 1. The Balaban J connectivity index is 1.65. The first kappa shape index (κ1) is 19.0. The highest BCUT2D eigenvalue weighted by atomic mass is 16.5. The third kappa shape index (κ3) is 4.51. The molecule has 0 radical (unpaired) electrons. The zero-order valence-corrected chi connectivity index (χ0v) is 15.8. The Morgan fingerprint density at radius 2 is 2.19 bits per heavy atom. The van der Waals surface area contributed by atoms with Crippen LogP contribution in [0.1, 0.15) is 35.1 Å². The molecule has 1 fully saturated rings. The molecule has 27 heavy (non-hydrogen) atoms. The standard InChI is InChI=1S/C19H24N4O4/c1-12-19(14(3)24)13(2)23(22-12)10-17(25)21-15-7-9-26-11-16(15)27-18-6-4-5-8-20-18/h4-6,8,15-16H,7,9-11H2,1-3H3,(H,21,25)/t15-,16-/m1/s1. The van der Waals surface area contributed by atoms with Crippen LogP contribution in [0.25, 0.3) is 0 Å². The minimum atomic E-state index is -0.314. The molecule has 0 aliphatic carbocycles. The van der Waals surface area contributed by atoms with E-state index in [-0.39, 0.29) is 30.4 Å². The van der Waals surface area contributed by atoms with Gasteiger partial charge in [0.15, 0.2) is 5.78 Å². The summed E-state index contributed by atoms with van der Waals surface area (Å²) in [5.74, 6) is 0.263. The molecule has 8 nitrogen and oxygen atoms in total. The molecule has 1 N–H and O–H groups in total. The lowest BCUT2D eigenvalue weighted by Gasteiger charge is -2.32. The summed E-state index contributed by atoms with van der Waals surface area (Å²) >= 11 is 0. The van der Waals surface area contributed by atoms with E-state index in [1.807, 2.05) is 12.1 Å². The van der Waals surface area contributed by atoms with Gasteiger partial charge in [0, 0.05) is 24.6 Å². The number of ether oxygens (including phenoxy) is 2. The Morgan fingerprint density at radius 1 is 1.37 bits per heavy atom. The number of aromatic nitrogens is 3. The molecule has 3 heterocycles. The van der Waals surface area contributed by atoms with Gasteiger partial charge < -0.3 is 14.8 Å². The lowest BCUT2D eigenvalue weighted by molar-refractivity contribution is -0.124. The predicted molar refractivity (Wildman–Crippen MR) is 97.7 cm³/mol. The highest BCUT2D eigenvalue weighted by molar-refractivity contribution is 5.96. The van der Waals surface area contributed by atoms with Crippen LogP contribution in [0.5, 0.6) is 5.88 Å². The molecule has 0 bridgehead atoms. The van der Waals surface area contributed by atoms with Gasteiger partial charge in [0.1, 0.15) is 12.6 Å². The lowest BCUT2D eigenvalue weighted by Crippen LogP contribution is -2.52. The number of aryl methyl sites for hydroxylation is 1. The average Bonchev–Trinajstić information content (AvgIpc) is 2.91. The molecule has 0 saturated carbocycles. The third-order valence-corrected chi connectivity index (χ3v) is 4.59. The summed E-state index contributed by atoms with van der Waals surface area (Å²) in [4.78, 5) is 28.4. The molecule has 0 spiro atoms. The molecule has 0 aromatic carbocycles. The van der Waals surface area contributed by atoms with Crippen molar-refractivity contribution in [1.29, 1.82) is 0 Å². The quantitative estimate of drug-likeness (QED) is 0.771. The van der Waals surface area contributed by atoms with E-state index in [2.05, 4.69) is 15.4 Å². The van der Waals surface area contributed by atoms with E-state index in [1.165, 1.54) is 6.92 Å². The van der Waals surface area contributed by atoms with Crippen LogP contribution < -0.4 is 10.1 Å². The van der Waals surface area contributed by atoms with Gasteiger partial charge in [-0.1, -0.05) is 6.07 Å². The molecular formula is C19H24N4O4. The van der Waals surface area contributed by atoms with Crippen molar-refractivity contribution in [1.82, 2.24) is 20.1 Å². The number of ketones is 1. The van der Waals surface area contributed by atoms with E-state index in [9.17, 15) is 9.59 Å². The van der Waals surface area contributed by atoms with Crippen molar-refractivity contribution in [2.45, 2.75) is 45.9 Å². The summed E-state index contributed by atoms with van der Waals surface area (Å²) in [6.45, 7) is 6.06.